The van der Waals surface area contributed by atoms with Crippen molar-refractivity contribution in [1.82, 2.24) is 14.8 Å². The van der Waals surface area contributed by atoms with Crippen LogP contribution in [0.25, 0.3) is 0 Å². The molecule has 3 heterocycles. The van der Waals surface area contributed by atoms with E-state index in [2.05, 4.69) is 4.98 Å². The maximum atomic E-state index is 14.7. The minimum absolute atomic E-state index is 0.0806. The predicted octanol–water partition coefficient (Wildman–Crippen LogP) is 4.69. The molecule has 0 radical (unpaired) electrons. The molecular weight excluding hydrogens is 467 g/mol. The van der Waals surface area contributed by atoms with Crippen LogP contribution in [0, 0.1) is 11.7 Å². The number of nitrogens with zero attached hydrogens (tertiary/aromatic N) is 4. The van der Waals surface area contributed by atoms with Gasteiger partial charge in [-0.2, -0.15) is 0 Å². The quantitative estimate of drug-likeness (QED) is 0.444. The number of benzene rings is 2. The van der Waals surface area contributed by atoms with Crippen LogP contribution in [0.15, 0.2) is 72.0 Å². The molecule has 0 bridgehead atoms. The minimum Gasteiger partial charge on any atom is -0.347 e. The number of aromatic nitrogens is 1. The molecule has 6 nitrogen and oxygen atoms in total. The molecule has 1 saturated heterocycles. The molecule has 0 spiro atoms. The predicted molar refractivity (Wildman–Crippen MR) is 141 cm³/mol. The molecule has 2 aliphatic rings. The largest absolute Gasteiger partial charge is 0.347 e. The summed E-state index contributed by atoms with van der Waals surface area (Å²) in [6, 6.07) is 15.5. The maximum Gasteiger partial charge on any atom is 0.244 e. The van der Waals surface area contributed by atoms with Crippen LogP contribution in [-0.2, 0) is 11.3 Å². The van der Waals surface area contributed by atoms with Crippen molar-refractivity contribution in [2.24, 2.45) is 10.9 Å². The van der Waals surface area contributed by atoms with Crippen LogP contribution < -0.4 is 0 Å². The van der Waals surface area contributed by atoms with Gasteiger partial charge in [-0.25, -0.2) is 4.39 Å². The lowest BCUT2D eigenvalue weighted by Gasteiger charge is -2.38. The fourth-order valence-electron chi connectivity index (χ4n) is 5.42. The van der Waals surface area contributed by atoms with Crippen LogP contribution in [0.2, 0.25) is 0 Å². The van der Waals surface area contributed by atoms with E-state index in [4.69, 9.17) is 4.99 Å². The van der Waals surface area contributed by atoms with Crippen molar-refractivity contribution in [2.75, 3.05) is 27.2 Å². The number of hydrogen-bond acceptors (Lipinski definition) is 5. The summed E-state index contributed by atoms with van der Waals surface area (Å²) >= 11 is 0. The van der Waals surface area contributed by atoms with Gasteiger partial charge in [0.15, 0.2) is 5.78 Å². The van der Waals surface area contributed by atoms with E-state index in [1.807, 2.05) is 35.2 Å². The Hall–Kier alpha value is -3.71. The average molecular weight is 499 g/mol. The number of carbonyl (C=O) groups is 2. The average Bonchev–Trinajstić information content (AvgIpc) is 3.34. The normalized spacial score (nSPS) is 18.1. The van der Waals surface area contributed by atoms with Crippen molar-refractivity contribution in [2.45, 2.75) is 31.8 Å². The van der Waals surface area contributed by atoms with Gasteiger partial charge in [-0.05, 0) is 55.1 Å². The molecule has 7 heteroatoms. The highest BCUT2D eigenvalue weighted by Crippen LogP contribution is 2.32. The number of carbonyl (C=O) groups excluding carboxylic acids is 2. The molecule has 5 rings (SSSR count). The molecule has 1 unspecified atom stereocenters. The van der Waals surface area contributed by atoms with Crippen LogP contribution in [-0.4, -0.2) is 59.4 Å². The topological polar surface area (TPSA) is 65.9 Å². The van der Waals surface area contributed by atoms with Gasteiger partial charge in [-0.3, -0.25) is 24.5 Å². The second-order valence-corrected chi connectivity index (χ2v) is 10.1. The number of rotatable bonds is 7. The van der Waals surface area contributed by atoms with Crippen LogP contribution in [0.1, 0.15) is 57.9 Å². The SMILES string of the molecule is CN(C)C(=O)C(c1ccccc1F)N1CCC[C@@H](CC(=O)c2ccc3c(c2)C(c2ccncc2)=NC3)C1. The molecule has 0 aliphatic carbocycles. The number of aliphatic imine (C=N–C) groups is 1. The van der Waals surface area contributed by atoms with Crippen LogP contribution >= 0.6 is 0 Å². The third-order valence-corrected chi connectivity index (χ3v) is 7.31. The summed E-state index contributed by atoms with van der Waals surface area (Å²) in [6.07, 6.45) is 5.63. The third-order valence-electron chi connectivity index (χ3n) is 7.31. The Morgan fingerprint density at radius 3 is 2.65 bits per heavy atom. The van der Waals surface area contributed by atoms with Gasteiger partial charge in [0, 0.05) is 61.7 Å². The number of likely N-dealkylation sites (tertiary alicyclic amines) is 1. The molecule has 190 valence electrons. The fourth-order valence-corrected chi connectivity index (χ4v) is 5.42. The Morgan fingerprint density at radius 1 is 1.11 bits per heavy atom. The molecule has 2 aliphatic heterocycles. The maximum absolute atomic E-state index is 14.7. The molecule has 37 heavy (non-hydrogen) atoms. The molecule has 0 N–H and O–H groups in total. The number of fused-ring (bicyclic) bond motifs is 1. The molecule has 2 aromatic carbocycles. The van der Waals surface area contributed by atoms with Gasteiger partial charge in [-0.15, -0.1) is 0 Å². The molecule has 3 aromatic rings. The zero-order chi connectivity index (χ0) is 25.9. The highest BCUT2D eigenvalue weighted by atomic mass is 19.1. The van der Waals surface area contributed by atoms with Gasteiger partial charge in [0.05, 0.1) is 12.3 Å². The van der Waals surface area contributed by atoms with E-state index >= 15 is 0 Å². The molecule has 1 fully saturated rings. The lowest BCUT2D eigenvalue weighted by Crippen LogP contribution is -2.45. The Labute approximate surface area is 216 Å². The number of Topliss-reactive ketones (excluding diaryl/α,β-unsaturated/α-hetero) is 1. The third kappa shape index (κ3) is 5.23. The fraction of sp³-hybridized carbons (Fsp3) is 0.333. The van der Waals surface area contributed by atoms with Crippen molar-refractivity contribution in [3.05, 3.63) is 101 Å². The van der Waals surface area contributed by atoms with Crippen molar-refractivity contribution < 1.29 is 14.0 Å². The van der Waals surface area contributed by atoms with E-state index in [1.54, 1.807) is 44.7 Å². The van der Waals surface area contributed by atoms with Gasteiger partial charge < -0.3 is 4.90 Å². The van der Waals surface area contributed by atoms with E-state index in [0.717, 1.165) is 35.2 Å². The van der Waals surface area contributed by atoms with Gasteiger partial charge in [0.25, 0.3) is 0 Å². The first-order valence-corrected chi connectivity index (χ1v) is 12.7. The number of pyridine rings is 1. The zero-order valence-corrected chi connectivity index (χ0v) is 21.2. The van der Waals surface area contributed by atoms with Gasteiger partial charge in [0.2, 0.25) is 5.91 Å². The summed E-state index contributed by atoms with van der Waals surface area (Å²) in [5, 5.41) is 0. The highest BCUT2D eigenvalue weighted by Gasteiger charge is 2.35. The van der Waals surface area contributed by atoms with E-state index in [9.17, 15) is 14.0 Å². The first-order chi connectivity index (χ1) is 17.9. The Bertz CT molecular complexity index is 1340. The van der Waals surface area contributed by atoms with E-state index in [1.165, 1.54) is 11.0 Å². The number of amides is 1. The Kier molecular flexibility index (Phi) is 7.24. The lowest BCUT2D eigenvalue weighted by molar-refractivity contribution is -0.135. The number of piperidine rings is 1. The molecule has 2 atom stereocenters. The second kappa shape index (κ2) is 10.7. The number of likely N-dealkylation sites (N-methyl/N-ethyl adjacent to an activating group) is 1. The van der Waals surface area contributed by atoms with Gasteiger partial charge in [-0.1, -0.05) is 30.3 Å². The van der Waals surface area contributed by atoms with Crippen LogP contribution in [0.4, 0.5) is 4.39 Å². The smallest absolute Gasteiger partial charge is 0.244 e. The van der Waals surface area contributed by atoms with Crippen molar-refractivity contribution >= 4 is 17.4 Å². The second-order valence-electron chi connectivity index (χ2n) is 10.1. The summed E-state index contributed by atoms with van der Waals surface area (Å²) in [6.45, 7) is 1.86. The summed E-state index contributed by atoms with van der Waals surface area (Å²) < 4.78 is 14.7. The van der Waals surface area contributed by atoms with E-state index in [-0.39, 0.29) is 23.4 Å². The Balaban J connectivity index is 1.33. The van der Waals surface area contributed by atoms with Crippen molar-refractivity contribution in [3.63, 3.8) is 0 Å². The summed E-state index contributed by atoms with van der Waals surface area (Å²) in [5.74, 6) is -0.367. The number of ketones is 1. The molecule has 1 amide bonds. The van der Waals surface area contributed by atoms with Gasteiger partial charge >= 0.3 is 0 Å². The number of halogens is 1. The van der Waals surface area contributed by atoms with Crippen LogP contribution in [0.5, 0.6) is 0 Å². The Morgan fingerprint density at radius 2 is 1.89 bits per heavy atom. The molecule has 1 aromatic heterocycles. The van der Waals surface area contributed by atoms with E-state index < -0.39 is 6.04 Å². The zero-order valence-electron chi connectivity index (χ0n) is 21.2. The first-order valence-electron chi connectivity index (χ1n) is 12.7. The molecule has 0 saturated carbocycles. The van der Waals surface area contributed by atoms with Crippen molar-refractivity contribution in [1.29, 1.82) is 0 Å². The lowest BCUT2D eigenvalue weighted by atomic mass is 9.88. The van der Waals surface area contributed by atoms with E-state index in [0.29, 0.717) is 37.2 Å². The summed E-state index contributed by atoms with van der Waals surface area (Å²) in [5.41, 5.74) is 5.06. The number of hydrogen-bond donors (Lipinski definition) is 0. The molecular formula is C30H31FN4O2. The summed E-state index contributed by atoms with van der Waals surface area (Å²) in [7, 11) is 3.39. The standard InChI is InChI=1S/C30H31FN4O2/c1-34(2)30(37)29(24-7-3-4-8-26(24)31)35-15-5-6-20(19-35)16-27(36)22-9-10-23-18-33-28(25(23)17-22)21-11-13-32-14-12-21/h3-4,7-14,17,20,29H,5-6,15-16,18-19H2,1-2H3/t20-,29?/m0/s1. The van der Waals surface area contributed by atoms with Crippen LogP contribution in [0.3, 0.4) is 0 Å². The monoisotopic (exact) mass is 498 g/mol. The van der Waals surface area contributed by atoms with Gasteiger partial charge in [0.1, 0.15) is 11.9 Å². The summed E-state index contributed by atoms with van der Waals surface area (Å²) in [4.78, 5) is 38.9. The first kappa shape index (κ1) is 25.0. The van der Waals surface area contributed by atoms with Crippen molar-refractivity contribution in [3.8, 4) is 0 Å². The highest BCUT2D eigenvalue weighted by molar-refractivity contribution is 6.16. The minimum atomic E-state index is -0.701.